The Morgan fingerprint density at radius 1 is 1.24 bits per heavy atom. The molecule has 7 heteroatoms. The Kier molecular flexibility index (Phi) is 4.62. The van der Waals surface area contributed by atoms with Crippen molar-refractivity contribution in [2.75, 3.05) is 17.2 Å². The van der Waals surface area contributed by atoms with E-state index >= 15 is 0 Å². The molecule has 0 unspecified atom stereocenters. The number of aryl methyl sites for hydroxylation is 2. The van der Waals surface area contributed by atoms with E-state index in [-0.39, 0.29) is 5.91 Å². The van der Waals surface area contributed by atoms with Crippen LogP contribution >= 0.6 is 34.4 Å². The maximum Gasteiger partial charge on any atom is 0.237 e. The Labute approximate surface area is 158 Å². The number of nitrogens with zero attached hydrogens (tertiary/aromatic N) is 3. The molecule has 0 fully saturated rings. The molecule has 4 rings (SSSR count). The molecule has 1 aliphatic rings. The van der Waals surface area contributed by atoms with Crippen LogP contribution in [0, 0.1) is 13.8 Å². The molecule has 1 amide bonds. The standard InChI is InChI=1S/C18H17N3OS3/c1-11-8-24-18(19-11)25-10-17(22)21-6-5-14-7-13(3-4-16(14)21)15-9-23-12(2)20-15/h3-4,7-9H,5-6,10H2,1-2H3. The van der Waals surface area contributed by atoms with E-state index in [1.165, 1.54) is 17.3 Å². The largest absolute Gasteiger partial charge is 0.311 e. The van der Waals surface area contributed by atoms with E-state index in [4.69, 9.17) is 0 Å². The van der Waals surface area contributed by atoms with Gasteiger partial charge < -0.3 is 4.90 Å². The van der Waals surface area contributed by atoms with Crippen molar-refractivity contribution in [3.63, 3.8) is 0 Å². The maximum atomic E-state index is 12.6. The molecular formula is C18H17N3OS3. The topological polar surface area (TPSA) is 46.1 Å². The van der Waals surface area contributed by atoms with Crippen LogP contribution in [0.2, 0.25) is 0 Å². The molecular weight excluding hydrogens is 370 g/mol. The number of benzene rings is 1. The monoisotopic (exact) mass is 387 g/mol. The number of rotatable bonds is 4. The van der Waals surface area contributed by atoms with Crippen LogP contribution in [0.3, 0.4) is 0 Å². The second-order valence-electron chi connectivity index (χ2n) is 5.93. The van der Waals surface area contributed by atoms with E-state index in [2.05, 4.69) is 33.5 Å². The Morgan fingerprint density at radius 2 is 2.12 bits per heavy atom. The highest BCUT2D eigenvalue weighted by Gasteiger charge is 2.25. The number of thioether (sulfide) groups is 1. The summed E-state index contributed by atoms with van der Waals surface area (Å²) in [5.74, 6) is 0.577. The molecule has 128 valence electrons. The first-order valence-corrected chi connectivity index (χ1v) is 10.8. The smallest absolute Gasteiger partial charge is 0.237 e. The lowest BCUT2D eigenvalue weighted by molar-refractivity contribution is -0.116. The predicted molar refractivity (Wildman–Crippen MR) is 106 cm³/mol. The van der Waals surface area contributed by atoms with E-state index in [9.17, 15) is 4.79 Å². The van der Waals surface area contributed by atoms with Gasteiger partial charge in [0.15, 0.2) is 4.34 Å². The molecule has 2 aromatic heterocycles. The van der Waals surface area contributed by atoms with Gasteiger partial charge in [-0.2, -0.15) is 0 Å². The zero-order valence-corrected chi connectivity index (χ0v) is 16.4. The fourth-order valence-electron chi connectivity index (χ4n) is 2.92. The number of carbonyl (C=O) groups excluding carboxylic acids is 1. The molecule has 1 aromatic carbocycles. The molecule has 0 aliphatic carbocycles. The summed E-state index contributed by atoms with van der Waals surface area (Å²) in [7, 11) is 0. The van der Waals surface area contributed by atoms with Crippen LogP contribution in [-0.4, -0.2) is 28.2 Å². The fourth-order valence-corrected chi connectivity index (χ4v) is 5.26. The zero-order valence-electron chi connectivity index (χ0n) is 14.0. The SMILES string of the molecule is Cc1csc(SCC(=O)N2CCc3cc(-c4csc(C)n4)ccc32)n1. The number of hydrogen-bond acceptors (Lipinski definition) is 6. The summed E-state index contributed by atoms with van der Waals surface area (Å²) in [4.78, 5) is 23.5. The van der Waals surface area contributed by atoms with Gasteiger partial charge in [0.2, 0.25) is 5.91 Å². The lowest BCUT2D eigenvalue weighted by atomic mass is 10.1. The molecule has 0 N–H and O–H groups in total. The van der Waals surface area contributed by atoms with Crippen LogP contribution in [-0.2, 0) is 11.2 Å². The third kappa shape index (κ3) is 3.49. The Morgan fingerprint density at radius 3 is 2.84 bits per heavy atom. The van der Waals surface area contributed by atoms with E-state index in [1.54, 1.807) is 22.7 Å². The number of hydrogen-bond donors (Lipinski definition) is 0. The van der Waals surface area contributed by atoms with Gasteiger partial charge in [0.05, 0.1) is 16.5 Å². The molecule has 3 aromatic rings. The lowest BCUT2D eigenvalue weighted by Gasteiger charge is -2.17. The molecule has 3 heterocycles. The minimum Gasteiger partial charge on any atom is -0.311 e. The molecule has 25 heavy (non-hydrogen) atoms. The lowest BCUT2D eigenvalue weighted by Crippen LogP contribution is -2.30. The van der Waals surface area contributed by atoms with Crippen LogP contribution in [0.5, 0.6) is 0 Å². The highest BCUT2D eigenvalue weighted by molar-refractivity contribution is 8.01. The Balaban J connectivity index is 1.48. The molecule has 0 bridgehead atoms. The van der Waals surface area contributed by atoms with Crippen molar-refractivity contribution in [1.82, 2.24) is 9.97 Å². The summed E-state index contributed by atoms with van der Waals surface area (Å²) in [6.45, 7) is 4.75. The van der Waals surface area contributed by atoms with Gasteiger partial charge in [-0.25, -0.2) is 9.97 Å². The highest BCUT2D eigenvalue weighted by atomic mass is 32.2. The van der Waals surface area contributed by atoms with Crippen LogP contribution in [0.15, 0.2) is 33.3 Å². The molecule has 0 radical (unpaired) electrons. The quantitative estimate of drug-likeness (QED) is 0.616. The van der Waals surface area contributed by atoms with Crippen molar-refractivity contribution in [1.29, 1.82) is 0 Å². The van der Waals surface area contributed by atoms with Gasteiger partial charge in [-0.1, -0.05) is 17.8 Å². The molecule has 1 aliphatic heterocycles. The number of anilines is 1. The van der Waals surface area contributed by atoms with Crippen LogP contribution in [0.4, 0.5) is 5.69 Å². The van der Waals surface area contributed by atoms with E-state index < -0.39 is 0 Å². The first-order valence-electron chi connectivity index (χ1n) is 8.01. The van der Waals surface area contributed by atoms with Crippen molar-refractivity contribution < 1.29 is 4.79 Å². The van der Waals surface area contributed by atoms with Crippen molar-refractivity contribution >= 4 is 46.0 Å². The summed E-state index contributed by atoms with van der Waals surface area (Å²) >= 11 is 4.78. The third-order valence-corrected chi connectivity index (χ3v) is 7.01. The Bertz CT molecular complexity index is 931. The highest BCUT2D eigenvalue weighted by Crippen LogP contribution is 2.33. The average Bonchev–Trinajstić information content (AvgIpc) is 3.31. The minimum atomic E-state index is 0.147. The van der Waals surface area contributed by atoms with E-state index in [0.717, 1.165) is 45.0 Å². The second-order valence-corrected chi connectivity index (χ2v) is 9.08. The number of fused-ring (bicyclic) bond motifs is 1. The number of amides is 1. The van der Waals surface area contributed by atoms with Gasteiger partial charge in [-0.15, -0.1) is 22.7 Å². The van der Waals surface area contributed by atoms with Crippen molar-refractivity contribution in [3.8, 4) is 11.3 Å². The number of carbonyl (C=O) groups is 1. The zero-order chi connectivity index (χ0) is 17.4. The Hall–Kier alpha value is -1.70. The van der Waals surface area contributed by atoms with Crippen LogP contribution in [0.1, 0.15) is 16.3 Å². The third-order valence-electron chi connectivity index (χ3n) is 4.11. The van der Waals surface area contributed by atoms with Gasteiger partial charge in [0.25, 0.3) is 0 Å². The average molecular weight is 388 g/mol. The molecule has 4 nitrogen and oxygen atoms in total. The van der Waals surface area contributed by atoms with Gasteiger partial charge in [0, 0.05) is 34.2 Å². The first kappa shape index (κ1) is 16.8. The maximum absolute atomic E-state index is 12.6. The number of thiazole rings is 2. The first-order chi connectivity index (χ1) is 12.1. The summed E-state index contributed by atoms with van der Waals surface area (Å²) in [5.41, 5.74) is 5.43. The van der Waals surface area contributed by atoms with Gasteiger partial charge in [0.1, 0.15) is 0 Å². The summed E-state index contributed by atoms with van der Waals surface area (Å²) in [6.07, 6.45) is 0.902. The van der Waals surface area contributed by atoms with Crippen LogP contribution in [0.25, 0.3) is 11.3 Å². The van der Waals surface area contributed by atoms with Crippen molar-refractivity contribution in [2.24, 2.45) is 0 Å². The summed E-state index contributed by atoms with van der Waals surface area (Å²) in [6, 6.07) is 6.30. The summed E-state index contributed by atoms with van der Waals surface area (Å²) in [5, 5.41) is 5.17. The normalized spacial score (nSPS) is 13.3. The van der Waals surface area contributed by atoms with Crippen molar-refractivity contribution in [2.45, 2.75) is 24.6 Å². The minimum absolute atomic E-state index is 0.147. The fraction of sp³-hybridized carbons (Fsp3) is 0.278. The molecule has 0 atom stereocenters. The van der Waals surface area contributed by atoms with E-state index in [0.29, 0.717) is 5.75 Å². The van der Waals surface area contributed by atoms with Gasteiger partial charge in [-0.3, -0.25) is 4.79 Å². The van der Waals surface area contributed by atoms with Crippen LogP contribution < -0.4 is 4.90 Å². The van der Waals surface area contributed by atoms with Gasteiger partial charge >= 0.3 is 0 Å². The van der Waals surface area contributed by atoms with E-state index in [1.807, 2.05) is 24.1 Å². The van der Waals surface area contributed by atoms with Gasteiger partial charge in [-0.05, 0) is 38.0 Å². The predicted octanol–water partition coefficient (Wildman–Crippen LogP) is 4.56. The molecule has 0 saturated heterocycles. The molecule has 0 spiro atoms. The number of aromatic nitrogens is 2. The summed E-state index contributed by atoms with van der Waals surface area (Å²) < 4.78 is 0.958. The molecule has 0 saturated carbocycles. The van der Waals surface area contributed by atoms with Crippen molar-refractivity contribution in [3.05, 3.63) is 45.2 Å². The second kappa shape index (κ2) is 6.90.